The monoisotopic (exact) mass is 182 g/mol. The fourth-order valence-electron chi connectivity index (χ4n) is 3.65. The predicted octanol–water partition coefficient (Wildman–Crippen LogP) is 3.12. The van der Waals surface area contributed by atoms with E-state index in [0.717, 1.165) is 6.42 Å². The van der Waals surface area contributed by atoms with Crippen molar-refractivity contribution in [1.29, 1.82) is 0 Å². The molecule has 0 aromatic heterocycles. The van der Waals surface area contributed by atoms with Gasteiger partial charge < -0.3 is 5.11 Å². The third-order valence-electron chi connectivity index (χ3n) is 4.76. The highest BCUT2D eigenvalue weighted by atomic mass is 16.3. The lowest BCUT2D eigenvalue weighted by Gasteiger charge is -2.55. The van der Waals surface area contributed by atoms with Crippen molar-refractivity contribution in [3.05, 3.63) is 0 Å². The second-order valence-corrected chi connectivity index (χ2v) is 5.49. The second kappa shape index (κ2) is 2.98. The molecule has 0 radical (unpaired) electrons. The van der Waals surface area contributed by atoms with Crippen LogP contribution in [0.25, 0.3) is 0 Å². The number of hydrogen-bond donors (Lipinski definition) is 1. The molecule has 2 aliphatic carbocycles. The van der Waals surface area contributed by atoms with Crippen LogP contribution < -0.4 is 0 Å². The first-order valence-corrected chi connectivity index (χ1v) is 5.81. The molecule has 0 spiro atoms. The van der Waals surface area contributed by atoms with Crippen LogP contribution in [0.5, 0.6) is 0 Å². The highest BCUT2D eigenvalue weighted by molar-refractivity contribution is 5.04. The standard InChI is InChI=1S/C12H22O/c1-10-6-5-8-11(2)7-3-4-9-12(10,11)13/h10,13H,3-9H2,1-2H3/t10-,11-,12+/m1/s1. The van der Waals surface area contributed by atoms with Crippen LogP contribution in [0.3, 0.4) is 0 Å². The Labute approximate surface area is 81.5 Å². The van der Waals surface area contributed by atoms with Crippen molar-refractivity contribution >= 4 is 0 Å². The van der Waals surface area contributed by atoms with Gasteiger partial charge in [-0.1, -0.05) is 33.1 Å². The van der Waals surface area contributed by atoms with Crippen molar-refractivity contribution in [2.45, 2.75) is 64.4 Å². The average Bonchev–Trinajstić information content (AvgIpc) is 2.09. The van der Waals surface area contributed by atoms with Crippen LogP contribution in [0.15, 0.2) is 0 Å². The molecule has 1 N–H and O–H groups in total. The molecular formula is C12H22O. The van der Waals surface area contributed by atoms with Gasteiger partial charge in [0.05, 0.1) is 5.60 Å². The van der Waals surface area contributed by atoms with Gasteiger partial charge in [-0.05, 0) is 37.0 Å². The van der Waals surface area contributed by atoms with Gasteiger partial charge in [0, 0.05) is 0 Å². The molecule has 0 saturated heterocycles. The minimum Gasteiger partial charge on any atom is -0.389 e. The van der Waals surface area contributed by atoms with Crippen LogP contribution in [-0.4, -0.2) is 10.7 Å². The van der Waals surface area contributed by atoms with Gasteiger partial charge >= 0.3 is 0 Å². The summed E-state index contributed by atoms with van der Waals surface area (Å²) in [5.41, 5.74) is -0.0909. The summed E-state index contributed by atoms with van der Waals surface area (Å²) in [6.45, 7) is 4.55. The minimum absolute atomic E-state index is 0.239. The molecular weight excluding hydrogens is 160 g/mol. The van der Waals surface area contributed by atoms with E-state index in [4.69, 9.17) is 0 Å². The van der Waals surface area contributed by atoms with Crippen LogP contribution in [0.2, 0.25) is 0 Å². The van der Waals surface area contributed by atoms with Gasteiger partial charge in [-0.25, -0.2) is 0 Å². The molecule has 0 aliphatic heterocycles. The Morgan fingerprint density at radius 1 is 1.08 bits per heavy atom. The van der Waals surface area contributed by atoms with Crippen LogP contribution in [-0.2, 0) is 0 Å². The van der Waals surface area contributed by atoms with Crippen molar-refractivity contribution in [3.8, 4) is 0 Å². The number of rotatable bonds is 0. The molecule has 0 aromatic rings. The van der Waals surface area contributed by atoms with E-state index in [1.807, 2.05) is 0 Å². The summed E-state index contributed by atoms with van der Waals surface area (Å²) in [6.07, 6.45) is 8.64. The maximum atomic E-state index is 10.7. The quantitative estimate of drug-likeness (QED) is 0.610. The molecule has 2 rings (SSSR count). The Morgan fingerprint density at radius 2 is 1.69 bits per heavy atom. The lowest BCUT2D eigenvalue weighted by atomic mass is 9.54. The fourth-order valence-corrected chi connectivity index (χ4v) is 3.65. The van der Waals surface area contributed by atoms with E-state index < -0.39 is 0 Å². The average molecular weight is 182 g/mol. The Morgan fingerprint density at radius 3 is 2.38 bits per heavy atom. The molecule has 2 aliphatic rings. The van der Waals surface area contributed by atoms with Gasteiger partial charge in [0.25, 0.3) is 0 Å². The van der Waals surface area contributed by atoms with E-state index >= 15 is 0 Å². The predicted molar refractivity (Wildman–Crippen MR) is 54.5 cm³/mol. The number of hydrogen-bond acceptors (Lipinski definition) is 1. The third kappa shape index (κ3) is 1.24. The zero-order chi connectivity index (χ0) is 9.53. The van der Waals surface area contributed by atoms with Gasteiger partial charge in [0.1, 0.15) is 0 Å². The van der Waals surface area contributed by atoms with Crippen molar-refractivity contribution < 1.29 is 5.11 Å². The van der Waals surface area contributed by atoms with Crippen molar-refractivity contribution in [3.63, 3.8) is 0 Å². The molecule has 76 valence electrons. The Hall–Kier alpha value is -0.0400. The SMILES string of the molecule is C[C@@H]1CCC[C@@]2(C)CCCC[C@]12O. The highest BCUT2D eigenvalue weighted by Crippen LogP contribution is 2.55. The molecule has 1 nitrogen and oxygen atoms in total. The first kappa shape index (κ1) is 9.51. The molecule has 1 heteroatoms. The van der Waals surface area contributed by atoms with Crippen LogP contribution >= 0.6 is 0 Å². The summed E-state index contributed by atoms with van der Waals surface area (Å²) in [7, 11) is 0. The van der Waals surface area contributed by atoms with Crippen LogP contribution in [0.1, 0.15) is 58.8 Å². The topological polar surface area (TPSA) is 20.2 Å². The zero-order valence-electron chi connectivity index (χ0n) is 8.97. The summed E-state index contributed by atoms with van der Waals surface area (Å²) >= 11 is 0. The van der Waals surface area contributed by atoms with Gasteiger partial charge in [-0.2, -0.15) is 0 Å². The van der Waals surface area contributed by atoms with Gasteiger partial charge in [0.2, 0.25) is 0 Å². The molecule has 2 fully saturated rings. The maximum Gasteiger partial charge on any atom is 0.0726 e. The number of fused-ring (bicyclic) bond motifs is 1. The molecule has 13 heavy (non-hydrogen) atoms. The lowest BCUT2D eigenvalue weighted by Crippen LogP contribution is -2.55. The summed E-state index contributed by atoms with van der Waals surface area (Å²) in [4.78, 5) is 0. The summed E-state index contributed by atoms with van der Waals surface area (Å²) in [6, 6.07) is 0. The van der Waals surface area contributed by atoms with E-state index in [1.54, 1.807) is 0 Å². The molecule has 0 heterocycles. The van der Waals surface area contributed by atoms with E-state index in [0.29, 0.717) is 5.92 Å². The van der Waals surface area contributed by atoms with Gasteiger partial charge in [-0.15, -0.1) is 0 Å². The summed E-state index contributed by atoms with van der Waals surface area (Å²) < 4.78 is 0. The smallest absolute Gasteiger partial charge is 0.0726 e. The van der Waals surface area contributed by atoms with Crippen molar-refractivity contribution in [1.82, 2.24) is 0 Å². The van der Waals surface area contributed by atoms with Crippen LogP contribution in [0.4, 0.5) is 0 Å². The molecule has 2 saturated carbocycles. The Kier molecular flexibility index (Phi) is 2.18. The molecule has 0 unspecified atom stereocenters. The second-order valence-electron chi connectivity index (χ2n) is 5.49. The Balaban J connectivity index is 2.27. The van der Waals surface area contributed by atoms with Crippen molar-refractivity contribution in [2.75, 3.05) is 0 Å². The van der Waals surface area contributed by atoms with Gasteiger partial charge in [0.15, 0.2) is 0 Å². The summed E-state index contributed by atoms with van der Waals surface area (Å²) in [5, 5.41) is 10.7. The van der Waals surface area contributed by atoms with Gasteiger partial charge in [-0.3, -0.25) is 0 Å². The Bertz CT molecular complexity index is 197. The van der Waals surface area contributed by atoms with E-state index in [2.05, 4.69) is 13.8 Å². The van der Waals surface area contributed by atoms with Crippen LogP contribution in [0, 0.1) is 11.3 Å². The molecule has 0 bridgehead atoms. The molecule has 0 aromatic carbocycles. The highest BCUT2D eigenvalue weighted by Gasteiger charge is 2.52. The lowest BCUT2D eigenvalue weighted by molar-refractivity contribution is -0.164. The first-order chi connectivity index (χ1) is 6.08. The number of aliphatic hydroxyl groups is 1. The van der Waals surface area contributed by atoms with E-state index in [1.165, 1.54) is 38.5 Å². The molecule has 0 amide bonds. The summed E-state index contributed by atoms with van der Waals surface area (Å²) in [5.74, 6) is 0.520. The largest absolute Gasteiger partial charge is 0.389 e. The maximum absolute atomic E-state index is 10.7. The fraction of sp³-hybridized carbons (Fsp3) is 1.00. The first-order valence-electron chi connectivity index (χ1n) is 5.81. The zero-order valence-corrected chi connectivity index (χ0v) is 8.97. The molecule has 3 atom stereocenters. The van der Waals surface area contributed by atoms with Crippen molar-refractivity contribution in [2.24, 2.45) is 11.3 Å². The normalized spacial score (nSPS) is 51.5. The van der Waals surface area contributed by atoms with E-state index in [-0.39, 0.29) is 11.0 Å². The minimum atomic E-state index is -0.330. The third-order valence-corrected chi connectivity index (χ3v) is 4.76. The van der Waals surface area contributed by atoms with E-state index in [9.17, 15) is 5.11 Å².